The van der Waals surface area contributed by atoms with Crippen molar-refractivity contribution in [2.45, 2.75) is 26.9 Å². The van der Waals surface area contributed by atoms with E-state index in [0.717, 1.165) is 16.7 Å². The number of carbonyl (C=O) groups is 2. The number of hydrogen-bond acceptors (Lipinski definition) is 3. The van der Waals surface area contributed by atoms with Crippen LogP contribution in [0.25, 0.3) is 0 Å². The van der Waals surface area contributed by atoms with Crippen molar-refractivity contribution in [2.75, 3.05) is 6.54 Å². The first kappa shape index (κ1) is 14.2. The highest BCUT2D eigenvalue weighted by Gasteiger charge is 2.16. The monoisotopic (exact) mass is 250 g/mol. The van der Waals surface area contributed by atoms with E-state index in [-0.39, 0.29) is 12.5 Å². The number of nitrogens with one attached hydrogen (secondary N) is 1. The number of primary amides is 1. The minimum Gasteiger partial charge on any atom is -0.381 e. The molecule has 1 rings (SSSR count). The molecule has 1 aromatic carbocycles. The molecule has 5 nitrogen and oxygen atoms in total. The normalized spacial score (nSPS) is 12.0. The van der Waals surface area contributed by atoms with Crippen molar-refractivity contribution in [1.29, 1.82) is 0 Å². The summed E-state index contributed by atoms with van der Waals surface area (Å²) in [5.74, 6) is -1.17. The Labute approximate surface area is 106 Å². The molecule has 18 heavy (non-hydrogen) atoms. The summed E-state index contributed by atoms with van der Waals surface area (Å²) in [7, 11) is 0. The third-order valence-electron chi connectivity index (χ3n) is 2.69. The second-order valence-electron chi connectivity index (χ2n) is 4.40. The molecule has 0 aliphatic rings. The predicted octanol–water partition coefficient (Wildman–Crippen LogP) is 0.188. The van der Waals surface area contributed by atoms with Crippen molar-refractivity contribution in [3.05, 3.63) is 34.4 Å². The highest BCUT2D eigenvalue weighted by Crippen LogP contribution is 2.16. The molecular weight excluding hydrogens is 232 g/mol. The number of amides is 2. The second-order valence-corrected chi connectivity index (χ2v) is 4.40. The summed E-state index contributed by atoms with van der Waals surface area (Å²) in [5, 5.41) is 11.7. The third kappa shape index (κ3) is 3.30. The lowest BCUT2D eigenvalue weighted by Gasteiger charge is -2.13. The second kappa shape index (κ2) is 5.64. The quantitative estimate of drug-likeness (QED) is 0.712. The van der Waals surface area contributed by atoms with E-state index in [2.05, 4.69) is 5.32 Å². The van der Waals surface area contributed by atoms with Crippen LogP contribution in [0, 0.1) is 20.8 Å². The first-order valence-corrected chi connectivity index (χ1v) is 5.66. The maximum atomic E-state index is 12.0. The van der Waals surface area contributed by atoms with Crippen LogP contribution in [0.2, 0.25) is 0 Å². The van der Waals surface area contributed by atoms with E-state index < -0.39 is 12.0 Å². The standard InChI is InChI=1S/C13H18N2O3/c1-7-4-8(2)11(9(3)5-7)13(18)15-6-10(16)12(14)17/h4-5,10,16H,6H2,1-3H3,(H2,14,17)(H,15,18). The number of nitrogens with two attached hydrogens (primary N) is 1. The van der Waals surface area contributed by atoms with Crippen LogP contribution in [0.5, 0.6) is 0 Å². The average Bonchev–Trinajstić information content (AvgIpc) is 2.24. The van der Waals surface area contributed by atoms with Crippen molar-refractivity contribution < 1.29 is 14.7 Å². The van der Waals surface area contributed by atoms with Crippen molar-refractivity contribution in [3.8, 4) is 0 Å². The van der Waals surface area contributed by atoms with Gasteiger partial charge in [-0.25, -0.2) is 0 Å². The van der Waals surface area contributed by atoms with Crippen LogP contribution in [0.1, 0.15) is 27.0 Å². The molecule has 0 bridgehead atoms. The topological polar surface area (TPSA) is 92.4 Å². The van der Waals surface area contributed by atoms with Crippen molar-refractivity contribution >= 4 is 11.8 Å². The van der Waals surface area contributed by atoms with E-state index in [0.29, 0.717) is 5.56 Å². The Kier molecular flexibility index (Phi) is 4.44. The van der Waals surface area contributed by atoms with E-state index in [1.54, 1.807) is 0 Å². The maximum absolute atomic E-state index is 12.0. The summed E-state index contributed by atoms with van der Waals surface area (Å²) in [6.07, 6.45) is -1.36. The molecular formula is C13H18N2O3. The Morgan fingerprint density at radius 1 is 1.28 bits per heavy atom. The average molecular weight is 250 g/mol. The van der Waals surface area contributed by atoms with Gasteiger partial charge in [0.15, 0.2) is 0 Å². The van der Waals surface area contributed by atoms with Gasteiger partial charge < -0.3 is 16.2 Å². The molecule has 0 heterocycles. The molecule has 1 atom stereocenters. The maximum Gasteiger partial charge on any atom is 0.251 e. The van der Waals surface area contributed by atoms with Gasteiger partial charge in [-0.1, -0.05) is 17.7 Å². The first-order valence-electron chi connectivity index (χ1n) is 5.66. The minimum atomic E-state index is -1.36. The van der Waals surface area contributed by atoms with E-state index in [1.807, 2.05) is 32.9 Å². The predicted molar refractivity (Wildman–Crippen MR) is 68.2 cm³/mol. The van der Waals surface area contributed by atoms with Crippen LogP contribution in [0.3, 0.4) is 0 Å². The van der Waals surface area contributed by atoms with Crippen molar-refractivity contribution in [1.82, 2.24) is 5.32 Å². The Morgan fingerprint density at radius 2 is 1.78 bits per heavy atom. The first-order chi connectivity index (χ1) is 8.32. The third-order valence-corrected chi connectivity index (χ3v) is 2.69. The summed E-state index contributed by atoms with van der Waals surface area (Å²) in [6, 6.07) is 3.82. The number of aryl methyl sites for hydroxylation is 3. The molecule has 0 aromatic heterocycles. The summed E-state index contributed by atoms with van der Waals surface area (Å²) in [5.41, 5.74) is 8.27. The molecule has 0 aliphatic heterocycles. The van der Waals surface area contributed by atoms with Crippen LogP contribution in [0.15, 0.2) is 12.1 Å². The molecule has 0 radical (unpaired) electrons. The number of aliphatic hydroxyl groups is 1. The molecule has 0 spiro atoms. The molecule has 98 valence electrons. The highest BCUT2D eigenvalue weighted by atomic mass is 16.3. The van der Waals surface area contributed by atoms with Gasteiger partial charge in [-0.3, -0.25) is 9.59 Å². The van der Waals surface area contributed by atoms with E-state index in [4.69, 9.17) is 5.73 Å². The van der Waals surface area contributed by atoms with Gasteiger partial charge in [-0.15, -0.1) is 0 Å². The summed E-state index contributed by atoms with van der Waals surface area (Å²) in [4.78, 5) is 22.6. The highest BCUT2D eigenvalue weighted by molar-refractivity contribution is 5.97. The number of rotatable bonds is 4. The van der Waals surface area contributed by atoms with Gasteiger partial charge in [0.05, 0.1) is 6.54 Å². The lowest BCUT2D eigenvalue weighted by atomic mass is 9.99. The fraction of sp³-hybridized carbons (Fsp3) is 0.385. The molecule has 2 amide bonds. The zero-order chi connectivity index (χ0) is 13.9. The summed E-state index contributed by atoms with van der Waals surface area (Å²) in [6.45, 7) is 5.47. The molecule has 1 unspecified atom stereocenters. The van der Waals surface area contributed by atoms with Crippen LogP contribution in [0.4, 0.5) is 0 Å². The molecule has 0 fully saturated rings. The Hall–Kier alpha value is -1.88. The number of carbonyl (C=O) groups excluding carboxylic acids is 2. The zero-order valence-corrected chi connectivity index (χ0v) is 10.8. The van der Waals surface area contributed by atoms with E-state index in [1.165, 1.54) is 0 Å². The Morgan fingerprint density at radius 3 is 2.22 bits per heavy atom. The van der Waals surface area contributed by atoms with Crippen LogP contribution in [-0.2, 0) is 4.79 Å². The van der Waals surface area contributed by atoms with Gasteiger partial charge in [0.2, 0.25) is 5.91 Å². The zero-order valence-electron chi connectivity index (χ0n) is 10.8. The van der Waals surface area contributed by atoms with Gasteiger partial charge in [0, 0.05) is 5.56 Å². The van der Waals surface area contributed by atoms with Gasteiger partial charge in [0.1, 0.15) is 6.10 Å². The van der Waals surface area contributed by atoms with Gasteiger partial charge in [-0.2, -0.15) is 0 Å². The molecule has 0 aliphatic carbocycles. The van der Waals surface area contributed by atoms with Crippen LogP contribution < -0.4 is 11.1 Å². The Balaban J connectivity index is 2.82. The summed E-state index contributed by atoms with van der Waals surface area (Å²) >= 11 is 0. The number of hydrogen-bond donors (Lipinski definition) is 3. The summed E-state index contributed by atoms with van der Waals surface area (Å²) < 4.78 is 0. The lowest BCUT2D eigenvalue weighted by molar-refractivity contribution is -0.125. The molecule has 5 heteroatoms. The van der Waals surface area contributed by atoms with E-state index >= 15 is 0 Å². The SMILES string of the molecule is Cc1cc(C)c(C(=O)NCC(O)C(N)=O)c(C)c1. The molecule has 1 aromatic rings. The Bertz CT molecular complexity index is 460. The van der Waals surface area contributed by atoms with Gasteiger partial charge in [-0.05, 0) is 31.9 Å². The van der Waals surface area contributed by atoms with Crippen molar-refractivity contribution in [3.63, 3.8) is 0 Å². The van der Waals surface area contributed by atoms with Crippen LogP contribution >= 0.6 is 0 Å². The van der Waals surface area contributed by atoms with Crippen molar-refractivity contribution in [2.24, 2.45) is 5.73 Å². The fourth-order valence-corrected chi connectivity index (χ4v) is 1.92. The number of aliphatic hydroxyl groups excluding tert-OH is 1. The fourth-order valence-electron chi connectivity index (χ4n) is 1.92. The molecule has 0 saturated carbocycles. The van der Waals surface area contributed by atoms with Gasteiger partial charge in [0.25, 0.3) is 5.91 Å². The van der Waals surface area contributed by atoms with Crippen LogP contribution in [-0.4, -0.2) is 29.6 Å². The smallest absolute Gasteiger partial charge is 0.251 e. The number of benzene rings is 1. The van der Waals surface area contributed by atoms with Gasteiger partial charge >= 0.3 is 0 Å². The minimum absolute atomic E-state index is 0.180. The largest absolute Gasteiger partial charge is 0.381 e. The molecule has 0 saturated heterocycles. The lowest BCUT2D eigenvalue weighted by Crippen LogP contribution is -2.40. The molecule has 4 N–H and O–H groups in total. The van der Waals surface area contributed by atoms with E-state index in [9.17, 15) is 14.7 Å².